The zero-order chi connectivity index (χ0) is 13.8. The number of hydrogen-bond acceptors (Lipinski definition) is 4. The van der Waals surface area contributed by atoms with Gasteiger partial charge >= 0.3 is 0 Å². The predicted molar refractivity (Wildman–Crippen MR) is 79.2 cm³/mol. The first-order valence-electron chi connectivity index (χ1n) is 7.40. The van der Waals surface area contributed by atoms with E-state index in [0.717, 1.165) is 37.1 Å². The Labute approximate surface area is 116 Å². The summed E-state index contributed by atoms with van der Waals surface area (Å²) in [6.45, 7) is 11.9. The average Bonchev–Trinajstić information content (AvgIpc) is 2.41. The van der Waals surface area contributed by atoms with Gasteiger partial charge in [-0.05, 0) is 31.7 Å². The molecule has 1 N–H and O–H groups in total. The maximum atomic E-state index is 4.75. The monoisotopic (exact) mass is 262 g/mol. The first-order valence-corrected chi connectivity index (χ1v) is 7.40. The Morgan fingerprint density at radius 1 is 1.32 bits per heavy atom. The standard InChI is InChI=1S/C15H26N4/c1-5-16-7-14-8-17-9-15(18-14)19-10-11(2)6-12(3)13(19)4/h8-9,11-13,16H,5-7,10H2,1-4H3. The van der Waals surface area contributed by atoms with E-state index in [2.05, 4.69) is 42.9 Å². The van der Waals surface area contributed by atoms with Crippen LogP contribution < -0.4 is 10.2 Å². The second-order valence-electron chi connectivity index (χ2n) is 5.86. The van der Waals surface area contributed by atoms with Crippen LogP contribution >= 0.6 is 0 Å². The highest BCUT2D eigenvalue weighted by molar-refractivity contribution is 5.38. The van der Waals surface area contributed by atoms with Crippen LogP contribution in [-0.2, 0) is 6.54 Å². The molecule has 0 aliphatic carbocycles. The summed E-state index contributed by atoms with van der Waals surface area (Å²) in [7, 11) is 0. The normalized spacial score (nSPS) is 27.6. The molecule has 0 amide bonds. The van der Waals surface area contributed by atoms with E-state index in [1.54, 1.807) is 0 Å². The number of nitrogens with zero attached hydrogens (tertiary/aromatic N) is 3. The summed E-state index contributed by atoms with van der Waals surface area (Å²) in [5, 5.41) is 3.30. The first kappa shape index (κ1) is 14.3. The lowest BCUT2D eigenvalue weighted by molar-refractivity contribution is 0.295. The molecule has 0 saturated carbocycles. The highest BCUT2D eigenvalue weighted by atomic mass is 15.2. The van der Waals surface area contributed by atoms with Gasteiger partial charge in [0.25, 0.3) is 0 Å². The summed E-state index contributed by atoms with van der Waals surface area (Å²) in [4.78, 5) is 11.5. The number of anilines is 1. The molecule has 1 saturated heterocycles. The van der Waals surface area contributed by atoms with Crippen molar-refractivity contribution in [2.45, 2.75) is 46.7 Å². The highest BCUT2D eigenvalue weighted by Crippen LogP contribution is 2.29. The molecule has 2 rings (SSSR count). The smallest absolute Gasteiger partial charge is 0.147 e. The van der Waals surface area contributed by atoms with Gasteiger partial charge in [0.05, 0.1) is 11.9 Å². The SMILES string of the molecule is CCNCc1cncc(N2CC(C)CC(C)C2C)n1. The van der Waals surface area contributed by atoms with Crippen molar-refractivity contribution in [2.75, 3.05) is 18.0 Å². The Bertz CT molecular complexity index is 407. The van der Waals surface area contributed by atoms with Crippen molar-refractivity contribution in [3.05, 3.63) is 18.1 Å². The minimum absolute atomic E-state index is 0.542. The van der Waals surface area contributed by atoms with Crippen molar-refractivity contribution in [2.24, 2.45) is 11.8 Å². The van der Waals surface area contributed by atoms with Crippen LogP contribution in [0.1, 0.15) is 39.8 Å². The van der Waals surface area contributed by atoms with Gasteiger partial charge in [-0.15, -0.1) is 0 Å². The number of nitrogens with one attached hydrogen (secondary N) is 1. The molecule has 1 aliphatic rings. The zero-order valence-corrected chi connectivity index (χ0v) is 12.6. The molecule has 0 aromatic carbocycles. The molecule has 3 unspecified atom stereocenters. The summed E-state index contributed by atoms with van der Waals surface area (Å²) in [6, 6.07) is 0.542. The molecular weight excluding hydrogens is 236 g/mol. The zero-order valence-electron chi connectivity index (χ0n) is 12.6. The van der Waals surface area contributed by atoms with Gasteiger partial charge in [0.1, 0.15) is 5.82 Å². The Morgan fingerprint density at radius 2 is 2.11 bits per heavy atom. The van der Waals surface area contributed by atoms with Gasteiger partial charge < -0.3 is 10.2 Å². The van der Waals surface area contributed by atoms with Crippen molar-refractivity contribution in [1.82, 2.24) is 15.3 Å². The number of hydrogen-bond donors (Lipinski definition) is 1. The molecule has 106 valence electrons. The van der Waals surface area contributed by atoms with Crippen LogP contribution in [0.2, 0.25) is 0 Å². The van der Waals surface area contributed by atoms with Crippen molar-refractivity contribution in [3.63, 3.8) is 0 Å². The largest absolute Gasteiger partial charge is 0.352 e. The second kappa shape index (κ2) is 6.33. The van der Waals surface area contributed by atoms with Gasteiger partial charge in [0.2, 0.25) is 0 Å². The van der Waals surface area contributed by atoms with Crippen LogP contribution in [-0.4, -0.2) is 29.1 Å². The van der Waals surface area contributed by atoms with Gasteiger partial charge in [-0.3, -0.25) is 4.98 Å². The molecule has 19 heavy (non-hydrogen) atoms. The predicted octanol–water partition coefficient (Wildman–Crippen LogP) is 2.46. The van der Waals surface area contributed by atoms with Crippen molar-refractivity contribution >= 4 is 5.82 Å². The quantitative estimate of drug-likeness (QED) is 0.905. The fraction of sp³-hybridized carbons (Fsp3) is 0.733. The van der Waals surface area contributed by atoms with Gasteiger partial charge in [0, 0.05) is 25.3 Å². The van der Waals surface area contributed by atoms with Crippen molar-refractivity contribution < 1.29 is 0 Å². The van der Waals surface area contributed by atoms with E-state index in [0.29, 0.717) is 12.0 Å². The molecule has 4 heteroatoms. The summed E-state index contributed by atoms with van der Waals surface area (Å²) in [5.74, 6) is 2.47. The van der Waals surface area contributed by atoms with E-state index in [1.807, 2.05) is 12.4 Å². The number of rotatable bonds is 4. The maximum Gasteiger partial charge on any atom is 0.147 e. The van der Waals surface area contributed by atoms with Gasteiger partial charge in [-0.25, -0.2) is 4.98 Å². The lowest BCUT2D eigenvalue weighted by Crippen LogP contribution is -2.46. The summed E-state index contributed by atoms with van der Waals surface area (Å²) >= 11 is 0. The molecule has 4 nitrogen and oxygen atoms in total. The molecule has 1 aromatic heterocycles. The summed E-state index contributed by atoms with van der Waals surface area (Å²) in [6.07, 6.45) is 5.06. The number of aromatic nitrogens is 2. The Hall–Kier alpha value is -1.16. The fourth-order valence-electron chi connectivity index (χ4n) is 2.89. The van der Waals surface area contributed by atoms with Gasteiger partial charge in [-0.1, -0.05) is 20.8 Å². The van der Waals surface area contributed by atoms with Crippen LogP contribution in [0.3, 0.4) is 0 Å². The van der Waals surface area contributed by atoms with Crippen LogP contribution in [0.15, 0.2) is 12.4 Å². The minimum Gasteiger partial charge on any atom is -0.352 e. The molecule has 2 heterocycles. The average molecular weight is 262 g/mol. The Balaban J connectivity index is 2.15. The highest BCUT2D eigenvalue weighted by Gasteiger charge is 2.29. The third-order valence-corrected chi connectivity index (χ3v) is 4.12. The Morgan fingerprint density at radius 3 is 2.84 bits per heavy atom. The lowest BCUT2D eigenvalue weighted by Gasteiger charge is -2.41. The van der Waals surface area contributed by atoms with E-state index in [4.69, 9.17) is 4.98 Å². The number of piperidine rings is 1. The van der Waals surface area contributed by atoms with Crippen LogP contribution in [0, 0.1) is 11.8 Å². The third kappa shape index (κ3) is 3.44. The fourth-order valence-corrected chi connectivity index (χ4v) is 2.89. The van der Waals surface area contributed by atoms with E-state index >= 15 is 0 Å². The topological polar surface area (TPSA) is 41.1 Å². The van der Waals surface area contributed by atoms with Gasteiger partial charge in [0.15, 0.2) is 0 Å². The molecule has 0 radical (unpaired) electrons. The van der Waals surface area contributed by atoms with E-state index < -0.39 is 0 Å². The summed E-state index contributed by atoms with van der Waals surface area (Å²) < 4.78 is 0. The van der Waals surface area contributed by atoms with Crippen LogP contribution in [0.4, 0.5) is 5.82 Å². The second-order valence-corrected chi connectivity index (χ2v) is 5.86. The Kier molecular flexibility index (Phi) is 4.75. The molecule has 0 bridgehead atoms. The molecular formula is C15H26N4. The summed E-state index contributed by atoms with van der Waals surface area (Å²) in [5.41, 5.74) is 1.03. The van der Waals surface area contributed by atoms with E-state index in [-0.39, 0.29) is 0 Å². The molecule has 1 aromatic rings. The van der Waals surface area contributed by atoms with Crippen molar-refractivity contribution in [1.29, 1.82) is 0 Å². The van der Waals surface area contributed by atoms with Crippen molar-refractivity contribution in [3.8, 4) is 0 Å². The first-order chi connectivity index (χ1) is 9.11. The molecule has 1 aliphatic heterocycles. The van der Waals surface area contributed by atoms with E-state index in [1.165, 1.54) is 6.42 Å². The maximum absolute atomic E-state index is 4.75. The third-order valence-electron chi connectivity index (χ3n) is 4.12. The lowest BCUT2D eigenvalue weighted by atomic mass is 9.86. The van der Waals surface area contributed by atoms with Gasteiger partial charge in [-0.2, -0.15) is 0 Å². The molecule has 0 spiro atoms. The minimum atomic E-state index is 0.542. The van der Waals surface area contributed by atoms with Crippen LogP contribution in [0.25, 0.3) is 0 Å². The molecule has 3 atom stereocenters. The van der Waals surface area contributed by atoms with Crippen LogP contribution in [0.5, 0.6) is 0 Å². The molecule has 1 fully saturated rings. The van der Waals surface area contributed by atoms with E-state index in [9.17, 15) is 0 Å².